The van der Waals surface area contributed by atoms with E-state index in [4.69, 9.17) is 0 Å². The summed E-state index contributed by atoms with van der Waals surface area (Å²) >= 11 is 2.66. The predicted octanol–water partition coefficient (Wildman–Crippen LogP) is 3.31. The van der Waals surface area contributed by atoms with Crippen molar-refractivity contribution in [3.63, 3.8) is 0 Å². The Morgan fingerprint density at radius 3 is 2.60 bits per heavy atom. The van der Waals surface area contributed by atoms with Gasteiger partial charge in [-0.15, -0.1) is 0 Å². The average Bonchev–Trinajstić information content (AvgIpc) is 2.84. The van der Waals surface area contributed by atoms with Crippen LogP contribution in [0.3, 0.4) is 0 Å². The first kappa shape index (κ1) is 14.7. The van der Waals surface area contributed by atoms with Crippen molar-refractivity contribution < 1.29 is 9.59 Å². The van der Waals surface area contributed by atoms with E-state index in [9.17, 15) is 9.59 Å². The maximum absolute atomic E-state index is 11.7. The van der Waals surface area contributed by atoms with Crippen LogP contribution < -0.4 is 5.32 Å². The van der Waals surface area contributed by atoms with Gasteiger partial charge in [0.05, 0.1) is 16.3 Å². The first-order chi connectivity index (χ1) is 9.61. The molecule has 1 N–H and O–H groups in total. The van der Waals surface area contributed by atoms with E-state index in [0.29, 0.717) is 21.5 Å². The molecule has 1 heterocycles. The zero-order valence-corrected chi connectivity index (χ0v) is 12.8. The summed E-state index contributed by atoms with van der Waals surface area (Å²) in [7, 11) is 0. The van der Waals surface area contributed by atoms with Crippen LogP contribution in [0.25, 0.3) is 11.3 Å². The predicted molar refractivity (Wildman–Crippen MR) is 84.6 cm³/mol. The minimum absolute atomic E-state index is 0.0493. The zero-order valence-electron chi connectivity index (χ0n) is 11.2. The number of Topliss-reactive ketones (excluding diaryl/α,β-unsaturated/α-hetero) is 1. The molecule has 0 unspecified atom stereocenters. The molecule has 0 atom stereocenters. The van der Waals surface area contributed by atoms with Gasteiger partial charge in [0.25, 0.3) is 0 Å². The summed E-state index contributed by atoms with van der Waals surface area (Å²) in [5, 5.41) is 3.19. The Bertz CT molecular complexity index is 623. The monoisotopic (exact) mass is 306 g/mol. The highest BCUT2D eigenvalue weighted by Crippen LogP contribution is 2.31. The topological polar surface area (TPSA) is 59.1 Å². The maximum Gasteiger partial charge on any atom is 0.236 e. The number of ketones is 1. The molecule has 0 saturated carbocycles. The average molecular weight is 306 g/mol. The summed E-state index contributed by atoms with van der Waals surface area (Å²) in [6.07, 6.45) is 1.86. The quantitative estimate of drug-likeness (QED) is 0.861. The van der Waals surface area contributed by atoms with E-state index in [2.05, 4.69) is 10.3 Å². The van der Waals surface area contributed by atoms with Crippen molar-refractivity contribution in [2.24, 2.45) is 0 Å². The molecule has 6 heteroatoms. The Morgan fingerprint density at radius 1 is 1.30 bits per heavy atom. The van der Waals surface area contributed by atoms with Gasteiger partial charge in [-0.05, 0) is 6.26 Å². The smallest absolute Gasteiger partial charge is 0.236 e. The number of hydrogen-bond acceptors (Lipinski definition) is 5. The second kappa shape index (κ2) is 6.67. The van der Waals surface area contributed by atoms with Gasteiger partial charge in [0.15, 0.2) is 10.9 Å². The molecule has 4 nitrogen and oxygen atoms in total. The van der Waals surface area contributed by atoms with Crippen LogP contribution in [0.2, 0.25) is 0 Å². The molecular weight excluding hydrogens is 292 g/mol. The Labute approximate surface area is 125 Å². The van der Waals surface area contributed by atoms with Crippen LogP contribution in [-0.4, -0.2) is 28.7 Å². The minimum atomic E-state index is -0.110. The van der Waals surface area contributed by atoms with Gasteiger partial charge in [0.2, 0.25) is 5.91 Å². The number of nitrogens with one attached hydrogen (secondary N) is 1. The third kappa shape index (κ3) is 3.46. The maximum atomic E-state index is 11.7. The first-order valence-electron chi connectivity index (χ1n) is 5.97. The molecule has 20 heavy (non-hydrogen) atoms. The number of amides is 1. The van der Waals surface area contributed by atoms with Gasteiger partial charge in [0, 0.05) is 12.5 Å². The number of carbonyl (C=O) groups is 2. The molecule has 0 aliphatic heterocycles. The molecule has 104 valence electrons. The fourth-order valence-electron chi connectivity index (χ4n) is 1.69. The molecule has 0 aliphatic rings. The lowest BCUT2D eigenvalue weighted by Crippen LogP contribution is -2.13. The molecule has 1 amide bonds. The van der Waals surface area contributed by atoms with Gasteiger partial charge >= 0.3 is 0 Å². The highest BCUT2D eigenvalue weighted by Gasteiger charge is 2.17. The molecule has 0 bridgehead atoms. The fourth-order valence-corrected chi connectivity index (χ4v) is 2.92. The second-order valence-corrected chi connectivity index (χ2v) is 5.97. The number of thioether (sulfide) groups is 1. The normalized spacial score (nSPS) is 10.3. The van der Waals surface area contributed by atoms with Crippen LogP contribution in [-0.2, 0) is 4.79 Å². The number of nitrogens with zero attached hydrogens (tertiary/aromatic N) is 1. The van der Waals surface area contributed by atoms with Gasteiger partial charge in [-0.25, -0.2) is 4.98 Å². The van der Waals surface area contributed by atoms with Crippen molar-refractivity contribution in [2.75, 3.05) is 17.3 Å². The molecule has 0 radical (unpaired) electrons. The number of hydrogen-bond donors (Lipinski definition) is 1. The van der Waals surface area contributed by atoms with Crippen LogP contribution >= 0.6 is 23.1 Å². The molecule has 0 fully saturated rings. The summed E-state index contributed by atoms with van der Waals surface area (Å²) in [5.41, 5.74) is 1.50. The summed E-state index contributed by atoms with van der Waals surface area (Å²) in [5.74, 6) is 0.211. The molecular formula is C14H14N2O2S2. The third-order valence-electron chi connectivity index (χ3n) is 2.52. The number of thiazole rings is 1. The molecule has 2 rings (SSSR count). The summed E-state index contributed by atoms with van der Waals surface area (Å²) in [6.45, 7) is 1.51. The van der Waals surface area contributed by atoms with E-state index in [1.165, 1.54) is 30.0 Å². The van der Waals surface area contributed by atoms with Crippen molar-refractivity contribution >= 4 is 39.9 Å². The summed E-state index contributed by atoms with van der Waals surface area (Å²) in [6, 6.07) is 9.49. The van der Waals surface area contributed by atoms with Crippen LogP contribution in [0.4, 0.5) is 5.13 Å². The SMILES string of the molecule is CSCC(=O)Nc1nc(-c2ccccc2)c(C(C)=O)s1. The van der Waals surface area contributed by atoms with E-state index in [1.807, 2.05) is 36.6 Å². The Morgan fingerprint density at radius 2 is 2.00 bits per heavy atom. The molecule has 2 aromatic rings. The Hall–Kier alpha value is -1.66. The second-order valence-electron chi connectivity index (χ2n) is 4.10. The number of anilines is 1. The van der Waals surface area contributed by atoms with Crippen molar-refractivity contribution in [3.8, 4) is 11.3 Å². The fraction of sp³-hybridized carbons (Fsp3) is 0.214. The van der Waals surface area contributed by atoms with E-state index in [-0.39, 0.29) is 11.7 Å². The third-order valence-corrected chi connectivity index (χ3v) is 4.14. The van der Waals surface area contributed by atoms with Crippen molar-refractivity contribution in [2.45, 2.75) is 6.92 Å². The van der Waals surface area contributed by atoms with Gasteiger partial charge in [-0.3, -0.25) is 9.59 Å². The standard InChI is InChI=1S/C14H14N2O2S2/c1-9(17)13-12(10-6-4-3-5-7-10)16-14(20-13)15-11(18)8-19-2/h3-7H,8H2,1-2H3,(H,15,16,18). The van der Waals surface area contributed by atoms with E-state index in [1.54, 1.807) is 0 Å². The Balaban J connectivity index is 2.34. The van der Waals surface area contributed by atoms with Gasteiger partial charge in [-0.2, -0.15) is 11.8 Å². The number of carbonyl (C=O) groups excluding carboxylic acids is 2. The first-order valence-corrected chi connectivity index (χ1v) is 8.19. The van der Waals surface area contributed by atoms with Crippen LogP contribution in [0, 0.1) is 0 Å². The summed E-state index contributed by atoms with van der Waals surface area (Å²) in [4.78, 5) is 28.3. The van der Waals surface area contributed by atoms with Crippen LogP contribution in [0.5, 0.6) is 0 Å². The van der Waals surface area contributed by atoms with Gasteiger partial charge in [-0.1, -0.05) is 41.7 Å². The lowest BCUT2D eigenvalue weighted by atomic mass is 10.1. The number of aromatic nitrogens is 1. The molecule has 0 spiro atoms. The lowest BCUT2D eigenvalue weighted by Gasteiger charge is -1.99. The van der Waals surface area contributed by atoms with E-state index in [0.717, 1.165) is 5.56 Å². The van der Waals surface area contributed by atoms with Crippen molar-refractivity contribution in [1.82, 2.24) is 4.98 Å². The molecule has 1 aromatic carbocycles. The van der Waals surface area contributed by atoms with E-state index >= 15 is 0 Å². The zero-order chi connectivity index (χ0) is 14.5. The number of benzene rings is 1. The highest BCUT2D eigenvalue weighted by molar-refractivity contribution is 7.99. The summed E-state index contributed by atoms with van der Waals surface area (Å²) < 4.78 is 0. The highest BCUT2D eigenvalue weighted by atomic mass is 32.2. The number of rotatable bonds is 5. The van der Waals surface area contributed by atoms with Crippen molar-refractivity contribution in [1.29, 1.82) is 0 Å². The molecule has 1 aromatic heterocycles. The van der Waals surface area contributed by atoms with Crippen molar-refractivity contribution in [3.05, 3.63) is 35.2 Å². The largest absolute Gasteiger partial charge is 0.301 e. The van der Waals surface area contributed by atoms with Crippen LogP contribution in [0.1, 0.15) is 16.6 Å². The van der Waals surface area contributed by atoms with E-state index < -0.39 is 0 Å². The van der Waals surface area contributed by atoms with Gasteiger partial charge in [0.1, 0.15) is 0 Å². The lowest BCUT2D eigenvalue weighted by molar-refractivity contribution is -0.113. The van der Waals surface area contributed by atoms with Gasteiger partial charge < -0.3 is 5.32 Å². The molecule has 0 aliphatic carbocycles. The Kier molecular flexibility index (Phi) is 4.92. The minimum Gasteiger partial charge on any atom is -0.301 e. The van der Waals surface area contributed by atoms with Crippen LogP contribution in [0.15, 0.2) is 30.3 Å². The molecule has 0 saturated heterocycles.